The number of thiocarbonyl (C=S) groups is 1. The summed E-state index contributed by atoms with van der Waals surface area (Å²) in [6.45, 7) is 1.44. The Balaban J connectivity index is 1.35. The zero-order valence-electron chi connectivity index (χ0n) is 19.0. The molecule has 34 heavy (non-hydrogen) atoms. The van der Waals surface area contributed by atoms with Crippen LogP contribution in [0.15, 0.2) is 70.5 Å². The molecule has 176 valence electrons. The van der Waals surface area contributed by atoms with Gasteiger partial charge in [0.2, 0.25) is 6.17 Å². The third-order valence-electron chi connectivity index (χ3n) is 6.45. The van der Waals surface area contributed by atoms with E-state index in [1.807, 2.05) is 12.1 Å². The van der Waals surface area contributed by atoms with Crippen LogP contribution in [0.1, 0.15) is 31.2 Å². The first kappa shape index (κ1) is 22.9. The molecule has 0 spiro atoms. The Hall–Kier alpha value is -2.90. The predicted octanol–water partition coefficient (Wildman–Crippen LogP) is 4.42. The second kappa shape index (κ2) is 9.76. The lowest BCUT2D eigenvalue weighted by atomic mass is 9.94. The third-order valence-corrected chi connectivity index (χ3v) is 6.94. The van der Waals surface area contributed by atoms with Gasteiger partial charge in [-0.3, -0.25) is 4.79 Å². The van der Waals surface area contributed by atoms with Gasteiger partial charge in [0, 0.05) is 30.6 Å². The Morgan fingerprint density at radius 2 is 2.21 bits per heavy atom. The minimum Gasteiger partial charge on any atom is -0.493 e. The topological polar surface area (TPSA) is 66.0 Å². The average molecular weight is 495 g/mol. The van der Waals surface area contributed by atoms with Crippen LogP contribution in [0.3, 0.4) is 0 Å². The number of likely N-dealkylation sites (N-methyl/N-ethyl adjacent to an activating group) is 1. The van der Waals surface area contributed by atoms with E-state index in [1.54, 1.807) is 18.0 Å². The number of hydrogen-bond acceptors (Lipinski definition) is 4. The van der Waals surface area contributed by atoms with Crippen LogP contribution in [0.2, 0.25) is 5.02 Å². The van der Waals surface area contributed by atoms with Crippen LogP contribution in [-0.4, -0.2) is 43.1 Å². The Labute approximate surface area is 210 Å². The van der Waals surface area contributed by atoms with E-state index >= 15 is 0 Å². The summed E-state index contributed by atoms with van der Waals surface area (Å²) < 4.78 is 5.62. The van der Waals surface area contributed by atoms with Gasteiger partial charge in [0.1, 0.15) is 5.76 Å². The van der Waals surface area contributed by atoms with Crippen molar-refractivity contribution in [2.45, 2.75) is 31.8 Å². The highest BCUT2D eigenvalue weighted by atomic mass is 35.5. The number of allylic oxidation sites excluding steroid dienone is 6. The lowest BCUT2D eigenvalue weighted by Gasteiger charge is -2.23. The van der Waals surface area contributed by atoms with Crippen molar-refractivity contribution >= 4 is 46.2 Å². The number of benzodiazepines with no additional fused rings is 1. The number of rotatable bonds is 4. The Bertz CT molecular complexity index is 1180. The van der Waals surface area contributed by atoms with Crippen molar-refractivity contribution in [1.82, 2.24) is 10.6 Å². The van der Waals surface area contributed by atoms with E-state index in [9.17, 15) is 4.79 Å². The summed E-state index contributed by atoms with van der Waals surface area (Å²) in [7, 11) is 1.76. The van der Waals surface area contributed by atoms with Gasteiger partial charge in [-0.25, -0.2) is 4.99 Å². The van der Waals surface area contributed by atoms with Crippen LogP contribution in [-0.2, 0) is 9.53 Å². The van der Waals surface area contributed by atoms with E-state index in [-0.39, 0.29) is 5.91 Å². The van der Waals surface area contributed by atoms with Crippen LogP contribution in [0.5, 0.6) is 0 Å². The molecule has 8 heteroatoms. The van der Waals surface area contributed by atoms with Crippen molar-refractivity contribution < 1.29 is 9.53 Å². The van der Waals surface area contributed by atoms with E-state index in [1.165, 1.54) is 5.57 Å². The van der Waals surface area contributed by atoms with Crippen LogP contribution in [0.4, 0.5) is 5.69 Å². The number of nitrogens with one attached hydrogen (secondary N) is 2. The van der Waals surface area contributed by atoms with Gasteiger partial charge < -0.3 is 20.3 Å². The standard InChI is InChI=1S/C26H27ClN4O2S/c1-31-21-9-8-19(27)14-20(21)23(17-5-3-2-4-6-17)29-24(25(31)32)30-26(34)28-15-16-7-10-22-18(13-16)11-12-33-22/h3,5-6,8-10,13-14,16,24H,2,4,7,11-12,15H2,1H3,(H2,28,30,34). The molecule has 1 amide bonds. The van der Waals surface area contributed by atoms with Crippen LogP contribution in [0.25, 0.3) is 0 Å². The SMILES string of the molecule is CN1C(=O)C(NC(=S)NCC2C=C3CCOC3=CC2)N=C(C2=CCCC=C2)c2cc(Cl)ccc21. The number of benzene rings is 1. The van der Waals surface area contributed by atoms with Crippen molar-refractivity contribution in [3.8, 4) is 0 Å². The predicted molar refractivity (Wildman–Crippen MR) is 140 cm³/mol. The van der Waals surface area contributed by atoms with Crippen LogP contribution in [0, 0.1) is 5.92 Å². The molecule has 1 aromatic rings. The first-order valence-corrected chi connectivity index (χ1v) is 12.4. The quantitative estimate of drug-likeness (QED) is 0.606. The molecule has 2 heterocycles. The summed E-state index contributed by atoms with van der Waals surface area (Å²) in [5.41, 5.74) is 4.60. The van der Waals surface area contributed by atoms with E-state index in [2.05, 4.69) is 41.0 Å². The van der Waals surface area contributed by atoms with Gasteiger partial charge in [0.25, 0.3) is 5.91 Å². The summed E-state index contributed by atoms with van der Waals surface area (Å²) in [6.07, 6.45) is 13.7. The molecule has 0 radical (unpaired) electrons. The molecule has 0 saturated carbocycles. The highest BCUT2D eigenvalue weighted by molar-refractivity contribution is 7.80. The maximum absolute atomic E-state index is 13.4. The van der Waals surface area contributed by atoms with Gasteiger partial charge in [-0.2, -0.15) is 0 Å². The average Bonchev–Trinajstić information content (AvgIpc) is 3.29. The first-order chi connectivity index (χ1) is 16.5. The number of carbonyl (C=O) groups excluding carboxylic acids is 1. The molecule has 2 aliphatic carbocycles. The van der Waals surface area contributed by atoms with Gasteiger partial charge in [-0.1, -0.05) is 35.9 Å². The molecule has 4 aliphatic rings. The Morgan fingerprint density at radius 3 is 3.03 bits per heavy atom. The third kappa shape index (κ3) is 4.68. The number of carbonyl (C=O) groups is 1. The van der Waals surface area contributed by atoms with Gasteiger partial charge >= 0.3 is 0 Å². The monoisotopic (exact) mass is 494 g/mol. The molecule has 6 nitrogen and oxygen atoms in total. The molecule has 1 fully saturated rings. The number of nitrogens with zero attached hydrogens (tertiary/aromatic N) is 2. The van der Waals surface area contributed by atoms with Crippen molar-refractivity contribution in [2.75, 3.05) is 25.1 Å². The number of anilines is 1. The first-order valence-electron chi connectivity index (χ1n) is 11.6. The summed E-state index contributed by atoms with van der Waals surface area (Å²) in [5, 5.41) is 7.42. The van der Waals surface area contributed by atoms with Gasteiger partial charge in [0.15, 0.2) is 5.11 Å². The molecule has 1 aromatic carbocycles. The van der Waals surface area contributed by atoms with Crippen molar-refractivity contribution in [3.63, 3.8) is 0 Å². The maximum atomic E-state index is 13.4. The van der Waals surface area contributed by atoms with Crippen molar-refractivity contribution in [3.05, 3.63) is 76.1 Å². The number of aliphatic imine (C=N–C) groups is 1. The second-order valence-electron chi connectivity index (χ2n) is 8.79. The number of fused-ring (bicyclic) bond motifs is 2. The molecule has 1 saturated heterocycles. The van der Waals surface area contributed by atoms with E-state index in [0.717, 1.165) is 60.6 Å². The summed E-state index contributed by atoms with van der Waals surface area (Å²) in [5.74, 6) is 1.17. The van der Waals surface area contributed by atoms with E-state index in [4.69, 9.17) is 33.5 Å². The normalized spacial score (nSPS) is 23.5. The number of amides is 1. The van der Waals surface area contributed by atoms with Crippen LogP contribution >= 0.6 is 23.8 Å². The Kier molecular flexibility index (Phi) is 6.57. The molecule has 2 aliphatic heterocycles. The fourth-order valence-electron chi connectivity index (χ4n) is 4.65. The van der Waals surface area contributed by atoms with Crippen molar-refractivity contribution in [2.24, 2.45) is 10.9 Å². The lowest BCUT2D eigenvalue weighted by molar-refractivity contribution is -0.119. The molecule has 2 N–H and O–H groups in total. The fourth-order valence-corrected chi connectivity index (χ4v) is 5.02. The molecule has 2 unspecified atom stereocenters. The molecule has 0 aromatic heterocycles. The highest BCUT2D eigenvalue weighted by Gasteiger charge is 2.31. The minimum atomic E-state index is -0.846. The van der Waals surface area contributed by atoms with Crippen LogP contribution < -0.4 is 15.5 Å². The Morgan fingerprint density at radius 1 is 1.32 bits per heavy atom. The van der Waals surface area contributed by atoms with E-state index in [0.29, 0.717) is 22.6 Å². The largest absolute Gasteiger partial charge is 0.493 e. The molecule has 2 atom stereocenters. The molecular weight excluding hydrogens is 468 g/mol. The molecule has 0 bridgehead atoms. The van der Waals surface area contributed by atoms with Gasteiger partial charge in [-0.05, 0) is 72.8 Å². The van der Waals surface area contributed by atoms with Gasteiger partial charge in [-0.15, -0.1) is 0 Å². The summed E-state index contributed by atoms with van der Waals surface area (Å²) >= 11 is 11.9. The summed E-state index contributed by atoms with van der Waals surface area (Å²) in [6, 6.07) is 5.52. The minimum absolute atomic E-state index is 0.182. The molecule has 5 rings (SSSR count). The lowest BCUT2D eigenvalue weighted by Crippen LogP contribution is -2.49. The van der Waals surface area contributed by atoms with Gasteiger partial charge in [0.05, 0.1) is 18.0 Å². The fraction of sp³-hybridized carbons (Fsp3) is 0.346. The smallest absolute Gasteiger partial charge is 0.272 e. The second-order valence-corrected chi connectivity index (χ2v) is 9.63. The summed E-state index contributed by atoms with van der Waals surface area (Å²) in [4.78, 5) is 19.8. The number of ether oxygens (including phenoxy) is 1. The highest BCUT2D eigenvalue weighted by Crippen LogP contribution is 2.32. The number of hydrogen-bond donors (Lipinski definition) is 2. The molecular formula is C26H27ClN4O2S. The zero-order valence-corrected chi connectivity index (χ0v) is 20.6. The van der Waals surface area contributed by atoms with E-state index < -0.39 is 6.17 Å². The zero-order chi connectivity index (χ0) is 23.7. The maximum Gasteiger partial charge on any atom is 0.272 e. The van der Waals surface area contributed by atoms with Crippen molar-refractivity contribution in [1.29, 1.82) is 0 Å². The number of halogens is 1.